The summed E-state index contributed by atoms with van der Waals surface area (Å²) in [5, 5.41) is 13.9. The Morgan fingerprint density at radius 2 is 1.49 bits per heavy atom. The lowest BCUT2D eigenvalue weighted by atomic mass is 10.0. The Kier molecular flexibility index (Phi) is 9.72. The molecule has 0 fully saturated rings. The maximum atomic E-state index is 10.9. The summed E-state index contributed by atoms with van der Waals surface area (Å²) < 4.78 is 0. The molecule has 0 amide bonds. The van der Waals surface area contributed by atoms with Crippen molar-refractivity contribution in [1.82, 2.24) is 0 Å². The fraction of sp³-hybridized carbons (Fsp3) is 0.235. The van der Waals surface area contributed by atoms with E-state index in [1.807, 2.05) is 18.2 Å². The zero-order valence-electron chi connectivity index (χ0n) is 22.6. The number of rotatable bonds is 12. The van der Waals surface area contributed by atoms with Crippen LogP contribution in [-0.4, -0.2) is 24.2 Å². The van der Waals surface area contributed by atoms with E-state index in [0.29, 0.717) is 0 Å². The van der Waals surface area contributed by atoms with Gasteiger partial charge in [0.2, 0.25) is 0 Å². The van der Waals surface area contributed by atoms with Crippen LogP contribution in [0.15, 0.2) is 78.5 Å². The van der Waals surface area contributed by atoms with E-state index in [9.17, 15) is 4.79 Å². The van der Waals surface area contributed by atoms with Gasteiger partial charge in [-0.05, 0) is 101 Å². The number of unbranched alkanes of at least 4 members (excludes halogenated alkanes) is 2. The summed E-state index contributed by atoms with van der Waals surface area (Å²) >= 11 is 1.61. The summed E-state index contributed by atoms with van der Waals surface area (Å²) in [6, 6.07) is 22.0. The van der Waals surface area contributed by atoms with Crippen molar-refractivity contribution >= 4 is 62.8 Å². The van der Waals surface area contributed by atoms with E-state index < -0.39 is 5.97 Å². The monoisotopic (exact) mass is 534 g/mol. The Hall–Kier alpha value is -4.14. The lowest BCUT2D eigenvalue weighted by molar-refractivity contribution is -0.132. The summed E-state index contributed by atoms with van der Waals surface area (Å²) in [6.45, 7) is 13.6. The number of aliphatic carboxylic acids is 1. The van der Waals surface area contributed by atoms with Crippen LogP contribution in [0.2, 0.25) is 0 Å². The van der Waals surface area contributed by atoms with Crippen LogP contribution in [0.4, 0.5) is 5.69 Å². The highest BCUT2D eigenvalue weighted by Gasteiger charge is 2.08. The van der Waals surface area contributed by atoms with Crippen LogP contribution < -0.4 is 4.90 Å². The topological polar surface area (TPSA) is 44.9 Å². The third-order valence-electron chi connectivity index (χ3n) is 6.67. The summed E-state index contributed by atoms with van der Waals surface area (Å²) in [7, 11) is 0. The molecular formula is C34H34N2O2S. The van der Waals surface area contributed by atoms with Gasteiger partial charge < -0.3 is 10.0 Å². The largest absolute Gasteiger partial charge is 0.486 e. The number of anilines is 1. The second-order valence-corrected chi connectivity index (χ2v) is 10.7. The molecule has 5 heteroatoms. The van der Waals surface area contributed by atoms with Crippen molar-refractivity contribution in [2.24, 2.45) is 0 Å². The molecule has 0 saturated heterocycles. The molecule has 0 aliphatic heterocycles. The van der Waals surface area contributed by atoms with Crippen molar-refractivity contribution in [3.8, 4) is 0 Å². The van der Waals surface area contributed by atoms with Gasteiger partial charge in [-0.3, -0.25) is 4.79 Å². The highest BCUT2D eigenvalue weighted by Crippen LogP contribution is 2.29. The Morgan fingerprint density at radius 1 is 0.846 bits per heavy atom. The predicted octanol–water partition coefficient (Wildman–Crippen LogP) is 9.53. The van der Waals surface area contributed by atoms with Crippen molar-refractivity contribution in [2.75, 3.05) is 18.0 Å². The first-order chi connectivity index (χ1) is 19.0. The minimum Gasteiger partial charge on any atom is -0.486 e. The van der Waals surface area contributed by atoms with Gasteiger partial charge in [0.15, 0.2) is 0 Å². The van der Waals surface area contributed by atoms with E-state index in [1.165, 1.54) is 59.0 Å². The van der Waals surface area contributed by atoms with Crippen LogP contribution in [0.1, 0.15) is 54.8 Å². The van der Waals surface area contributed by atoms with E-state index in [2.05, 4.69) is 84.3 Å². The molecule has 0 bridgehead atoms. The van der Waals surface area contributed by atoms with Crippen LogP contribution in [0.5, 0.6) is 0 Å². The van der Waals surface area contributed by atoms with Gasteiger partial charge in [0.05, 0.1) is 6.57 Å². The van der Waals surface area contributed by atoms with E-state index >= 15 is 0 Å². The minimum atomic E-state index is -1.21. The molecule has 0 saturated carbocycles. The summed E-state index contributed by atoms with van der Waals surface area (Å²) in [5.41, 5.74) is 2.16. The number of hydrogen-bond acceptors (Lipinski definition) is 3. The van der Waals surface area contributed by atoms with Crippen LogP contribution in [0.25, 0.3) is 44.6 Å². The van der Waals surface area contributed by atoms with E-state index in [0.717, 1.165) is 28.4 Å². The molecule has 4 nitrogen and oxygen atoms in total. The molecule has 0 spiro atoms. The Labute approximate surface area is 235 Å². The normalized spacial score (nSPS) is 12.1. The van der Waals surface area contributed by atoms with E-state index in [-0.39, 0.29) is 5.70 Å². The number of benzene rings is 3. The highest BCUT2D eigenvalue weighted by molar-refractivity contribution is 7.13. The first-order valence-corrected chi connectivity index (χ1v) is 14.3. The summed E-state index contributed by atoms with van der Waals surface area (Å²) in [5.74, 6) is -1.21. The molecule has 0 aliphatic carbocycles. The van der Waals surface area contributed by atoms with Gasteiger partial charge in [-0.1, -0.05) is 57.0 Å². The maximum Gasteiger partial charge on any atom is 0.333 e. The maximum absolute atomic E-state index is 10.9. The fourth-order valence-electron chi connectivity index (χ4n) is 4.49. The number of nitrogens with zero attached hydrogens (tertiary/aromatic N) is 2. The molecule has 0 atom stereocenters. The number of fused-ring (bicyclic) bond motifs is 2. The minimum absolute atomic E-state index is 0.298. The first-order valence-electron chi connectivity index (χ1n) is 13.5. The van der Waals surface area contributed by atoms with Crippen molar-refractivity contribution < 1.29 is 9.90 Å². The molecule has 4 aromatic rings. The SMILES string of the molecule is [C-]#[N+]/C(=C\C=C\c1ccc(/C=C/c2ccc3cc4cc(N(CCCC)CCCC)ccc4cc3c2)s1)C(=O)O. The third kappa shape index (κ3) is 7.46. The van der Waals surface area contributed by atoms with Crippen molar-refractivity contribution in [3.05, 3.63) is 105 Å². The summed E-state index contributed by atoms with van der Waals surface area (Å²) in [4.78, 5) is 18.6. The molecule has 0 unspecified atom stereocenters. The average Bonchev–Trinajstić information content (AvgIpc) is 3.40. The van der Waals surface area contributed by atoms with Crippen molar-refractivity contribution in [3.63, 3.8) is 0 Å². The van der Waals surface area contributed by atoms with Crippen LogP contribution in [0.3, 0.4) is 0 Å². The zero-order chi connectivity index (χ0) is 27.6. The summed E-state index contributed by atoms with van der Waals surface area (Å²) in [6.07, 6.45) is 13.8. The molecule has 0 aliphatic rings. The number of allylic oxidation sites excluding steroid dienone is 2. The van der Waals surface area contributed by atoms with Crippen LogP contribution >= 0.6 is 11.3 Å². The lowest BCUT2D eigenvalue weighted by Gasteiger charge is -2.25. The zero-order valence-corrected chi connectivity index (χ0v) is 23.4. The van der Waals surface area contributed by atoms with E-state index in [1.54, 1.807) is 17.4 Å². The van der Waals surface area contributed by atoms with Crippen molar-refractivity contribution in [1.29, 1.82) is 0 Å². The number of carboxylic acid groups (broad SMARTS) is 1. The van der Waals surface area contributed by atoms with Gasteiger partial charge in [0.1, 0.15) is 0 Å². The second kappa shape index (κ2) is 13.6. The number of thiophene rings is 1. The van der Waals surface area contributed by atoms with Gasteiger partial charge in [-0.2, -0.15) is 0 Å². The third-order valence-corrected chi connectivity index (χ3v) is 7.69. The van der Waals surface area contributed by atoms with Gasteiger partial charge >= 0.3 is 5.97 Å². The number of hydrogen-bond donors (Lipinski definition) is 1. The first kappa shape index (κ1) is 27.9. The quantitative estimate of drug-likeness (QED) is 0.0852. The van der Waals surface area contributed by atoms with Gasteiger partial charge in [0, 0.05) is 28.5 Å². The molecule has 0 radical (unpaired) electrons. The molecule has 1 aromatic heterocycles. The Morgan fingerprint density at radius 3 is 2.13 bits per heavy atom. The molecule has 3 aromatic carbocycles. The van der Waals surface area contributed by atoms with Gasteiger partial charge in [-0.25, -0.2) is 4.85 Å². The highest BCUT2D eigenvalue weighted by atomic mass is 32.1. The lowest BCUT2D eigenvalue weighted by Crippen LogP contribution is -2.25. The predicted molar refractivity (Wildman–Crippen MR) is 168 cm³/mol. The van der Waals surface area contributed by atoms with Crippen LogP contribution in [-0.2, 0) is 4.79 Å². The van der Waals surface area contributed by atoms with Gasteiger partial charge in [-0.15, -0.1) is 11.3 Å². The number of carbonyl (C=O) groups is 1. The standard InChI is InChI=1S/C34H34N2O2S/c1-4-6-19-36(20-7-5-2)30-15-14-27-22-28-21-25(11-13-26(28)23-29(27)24-30)12-16-32-18-17-31(39-32)9-8-10-33(35-3)34(37)38/h8-18,21-24H,4-7,19-20H2,1-2H3,(H,37,38)/b9-8+,16-12+,33-10-. The van der Waals surface area contributed by atoms with Gasteiger partial charge in [0.25, 0.3) is 5.70 Å². The smallest absolute Gasteiger partial charge is 0.333 e. The fourth-order valence-corrected chi connectivity index (χ4v) is 5.32. The molecule has 198 valence electrons. The molecular weight excluding hydrogens is 500 g/mol. The molecule has 4 rings (SSSR count). The number of carboxylic acids is 1. The average molecular weight is 535 g/mol. The Bertz CT molecular complexity index is 1580. The van der Waals surface area contributed by atoms with E-state index in [4.69, 9.17) is 11.7 Å². The molecule has 39 heavy (non-hydrogen) atoms. The van der Waals surface area contributed by atoms with Crippen LogP contribution in [0, 0.1) is 6.57 Å². The Balaban J connectivity index is 1.51. The second-order valence-electron chi connectivity index (χ2n) is 9.59. The van der Waals surface area contributed by atoms with Crippen molar-refractivity contribution in [2.45, 2.75) is 39.5 Å². The molecule has 1 heterocycles. The molecule has 1 N–H and O–H groups in total.